The van der Waals surface area contributed by atoms with E-state index in [1.165, 1.54) is 18.2 Å². The maximum absolute atomic E-state index is 8.62. The van der Waals surface area contributed by atoms with Crippen molar-refractivity contribution in [2.75, 3.05) is 0 Å². The monoisotopic (exact) mass is 109 g/mol. The summed E-state index contributed by atoms with van der Waals surface area (Å²) in [6.45, 7) is 0. The predicted octanol–water partition coefficient (Wildman–Crippen LogP) is 0.898. The maximum atomic E-state index is 8.62. The summed E-state index contributed by atoms with van der Waals surface area (Å²) in [6.07, 6.45) is 0. The number of aromatic hydroxyl groups is 2. The van der Waals surface area contributed by atoms with Crippen LogP contribution in [0.2, 0.25) is 0 Å². The smallest absolute Gasteiger partial charge is 0.119 e. The summed E-state index contributed by atoms with van der Waals surface area (Å²) < 4.78 is 0. The van der Waals surface area contributed by atoms with E-state index in [-0.39, 0.29) is 11.5 Å². The van der Waals surface area contributed by atoms with Gasteiger partial charge in [0.1, 0.15) is 11.5 Å². The van der Waals surface area contributed by atoms with Crippen LogP contribution in [0, 0.1) is 6.07 Å². The molecule has 1 aromatic rings. The van der Waals surface area contributed by atoms with E-state index < -0.39 is 0 Å². The fraction of sp³-hybridized carbons (Fsp3) is 0. The van der Waals surface area contributed by atoms with Gasteiger partial charge in [0.2, 0.25) is 0 Å². The van der Waals surface area contributed by atoms with Crippen molar-refractivity contribution in [3.63, 3.8) is 0 Å². The average molecular weight is 109 g/mol. The van der Waals surface area contributed by atoms with E-state index in [1.54, 1.807) is 0 Å². The van der Waals surface area contributed by atoms with Gasteiger partial charge in [-0.2, -0.15) is 0 Å². The Morgan fingerprint density at radius 1 is 1.12 bits per heavy atom. The van der Waals surface area contributed by atoms with E-state index in [0.717, 1.165) is 0 Å². The van der Waals surface area contributed by atoms with E-state index in [4.69, 9.17) is 10.2 Å². The van der Waals surface area contributed by atoms with Gasteiger partial charge in [0.05, 0.1) is 0 Å². The third kappa shape index (κ3) is 0.904. The molecule has 0 aliphatic carbocycles. The van der Waals surface area contributed by atoms with E-state index in [2.05, 4.69) is 6.07 Å². The number of hydrogen-bond donors (Lipinski definition) is 2. The average Bonchev–Trinajstić information content (AvgIpc) is 1.64. The van der Waals surface area contributed by atoms with Gasteiger partial charge >= 0.3 is 0 Å². The Balaban J connectivity index is 3.08. The van der Waals surface area contributed by atoms with Crippen molar-refractivity contribution in [3.05, 3.63) is 24.3 Å². The summed E-state index contributed by atoms with van der Waals surface area (Å²) in [5, 5.41) is 17.2. The highest BCUT2D eigenvalue weighted by atomic mass is 16.3. The van der Waals surface area contributed by atoms with Crippen LogP contribution in [0.1, 0.15) is 0 Å². The summed E-state index contributed by atoms with van der Waals surface area (Å²) in [4.78, 5) is 0. The highest BCUT2D eigenvalue weighted by Crippen LogP contribution is 2.14. The number of benzene rings is 1. The SMILES string of the molecule is Oc1c[c]cc(O)c1. The van der Waals surface area contributed by atoms with Crippen LogP contribution in [0.15, 0.2) is 18.2 Å². The van der Waals surface area contributed by atoms with Gasteiger partial charge in [-0.3, -0.25) is 0 Å². The second kappa shape index (κ2) is 1.74. The van der Waals surface area contributed by atoms with Gasteiger partial charge in [0.25, 0.3) is 0 Å². The molecule has 0 spiro atoms. The molecule has 41 valence electrons. The number of rotatable bonds is 0. The molecule has 2 nitrogen and oxygen atoms in total. The fourth-order valence-electron chi connectivity index (χ4n) is 0.447. The Kier molecular flexibility index (Phi) is 1.08. The number of phenols is 2. The van der Waals surface area contributed by atoms with Crippen LogP contribution in [0.3, 0.4) is 0 Å². The summed E-state index contributed by atoms with van der Waals surface area (Å²) in [6, 6.07) is 6.52. The van der Waals surface area contributed by atoms with Crippen molar-refractivity contribution in [2.45, 2.75) is 0 Å². The molecule has 2 heteroatoms. The van der Waals surface area contributed by atoms with Crippen LogP contribution in [-0.4, -0.2) is 10.2 Å². The minimum absolute atomic E-state index is 0.0324. The van der Waals surface area contributed by atoms with Crippen molar-refractivity contribution >= 4 is 0 Å². The lowest BCUT2D eigenvalue weighted by atomic mass is 10.3. The maximum Gasteiger partial charge on any atom is 0.119 e. The topological polar surface area (TPSA) is 40.5 Å². The van der Waals surface area contributed by atoms with Gasteiger partial charge in [0, 0.05) is 6.07 Å². The molecule has 0 bridgehead atoms. The Labute approximate surface area is 47.0 Å². The molecule has 0 aromatic heterocycles. The zero-order valence-corrected chi connectivity index (χ0v) is 4.13. The van der Waals surface area contributed by atoms with E-state index in [0.29, 0.717) is 0 Å². The summed E-state index contributed by atoms with van der Waals surface area (Å²) in [5.41, 5.74) is 0. The molecule has 1 rings (SSSR count). The summed E-state index contributed by atoms with van der Waals surface area (Å²) >= 11 is 0. The molecule has 2 N–H and O–H groups in total. The van der Waals surface area contributed by atoms with E-state index in [1.807, 2.05) is 0 Å². The first-order chi connectivity index (χ1) is 3.79. The quantitative estimate of drug-likeness (QED) is 0.519. The molecule has 0 unspecified atom stereocenters. The lowest BCUT2D eigenvalue weighted by Crippen LogP contribution is -1.62. The molecule has 0 amide bonds. The molecule has 0 atom stereocenters. The normalized spacial score (nSPS) is 9.00. The van der Waals surface area contributed by atoms with E-state index in [9.17, 15) is 0 Å². The fourth-order valence-corrected chi connectivity index (χ4v) is 0.447. The number of phenolic OH excluding ortho intramolecular Hbond substituents is 2. The molecule has 0 saturated heterocycles. The Morgan fingerprint density at radius 2 is 1.62 bits per heavy atom. The molecule has 0 aliphatic rings. The third-order valence-corrected chi connectivity index (χ3v) is 0.758. The van der Waals surface area contributed by atoms with Gasteiger partial charge in [-0.1, -0.05) is 0 Å². The minimum atomic E-state index is 0.0324. The van der Waals surface area contributed by atoms with Crippen LogP contribution in [0.4, 0.5) is 0 Å². The Hall–Kier alpha value is -1.18. The third-order valence-electron chi connectivity index (χ3n) is 0.758. The standard InChI is InChI=1S/C6H5O2/c7-5-2-1-3-6(8)4-5/h2-4,7-8H. The second-order valence-electron chi connectivity index (χ2n) is 1.45. The van der Waals surface area contributed by atoms with Gasteiger partial charge in [-0.05, 0) is 18.2 Å². The predicted molar refractivity (Wildman–Crippen MR) is 28.6 cm³/mol. The van der Waals surface area contributed by atoms with Crippen molar-refractivity contribution in [3.8, 4) is 11.5 Å². The van der Waals surface area contributed by atoms with Crippen LogP contribution in [0.25, 0.3) is 0 Å². The summed E-state index contributed by atoms with van der Waals surface area (Å²) in [7, 11) is 0. The molecule has 0 aliphatic heterocycles. The molecule has 0 fully saturated rings. The van der Waals surface area contributed by atoms with Crippen molar-refractivity contribution in [1.29, 1.82) is 0 Å². The highest BCUT2D eigenvalue weighted by Gasteiger charge is 1.86. The number of hydrogen-bond acceptors (Lipinski definition) is 2. The van der Waals surface area contributed by atoms with Gasteiger partial charge < -0.3 is 10.2 Å². The molecule has 0 heterocycles. The van der Waals surface area contributed by atoms with Crippen LogP contribution in [-0.2, 0) is 0 Å². The summed E-state index contributed by atoms with van der Waals surface area (Å²) in [5.74, 6) is 0.0648. The highest BCUT2D eigenvalue weighted by molar-refractivity contribution is 5.29. The van der Waals surface area contributed by atoms with Crippen LogP contribution >= 0.6 is 0 Å². The van der Waals surface area contributed by atoms with Gasteiger partial charge in [-0.15, -0.1) is 0 Å². The first kappa shape index (κ1) is 4.97. The minimum Gasteiger partial charge on any atom is -0.508 e. The van der Waals surface area contributed by atoms with Gasteiger partial charge in [-0.25, -0.2) is 0 Å². The van der Waals surface area contributed by atoms with Crippen molar-refractivity contribution in [1.82, 2.24) is 0 Å². The van der Waals surface area contributed by atoms with E-state index >= 15 is 0 Å². The zero-order valence-electron chi connectivity index (χ0n) is 4.13. The lowest BCUT2D eigenvalue weighted by Gasteiger charge is -1.88. The first-order valence-electron chi connectivity index (χ1n) is 2.18. The zero-order chi connectivity index (χ0) is 5.98. The Bertz CT molecular complexity index is 166. The molecule has 1 radical (unpaired) electrons. The lowest BCUT2D eigenvalue weighted by molar-refractivity contribution is 0.450. The van der Waals surface area contributed by atoms with Gasteiger partial charge in [0.15, 0.2) is 0 Å². The van der Waals surface area contributed by atoms with Crippen molar-refractivity contribution in [2.24, 2.45) is 0 Å². The Morgan fingerprint density at radius 3 is 1.88 bits per heavy atom. The van der Waals surface area contributed by atoms with Crippen LogP contribution in [0.5, 0.6) is 11.5 Å². The molecule has 0 saturated carbocycles. The molecular formula is C6H5O2. The second-order valence-corrected chi connectivity index (χ2v) is 1.45. The molecule has 1 aromatic carbocycles. The van der Waals surface area contributed by atoms with Crippen molar-refractivity contribution < 1.29 is 10.2 Å². The molecule has 8 heavy (non-hydrogen) atoms. The molecular weight excluding hydrogens is 104 g/mol. The van der Waals surface area contributed by atoms with Crippen LogP contribution < -0.4 is 0 Å². The largest absolute Gasteiger partial charge is 0.508 e. The first-order valence-corrected chi connectivity index (χ1v) is 2.18.